The van der Waals surface area contributed by atoms with Gasteiger partial charge in [-0.15, -0.1) is 0 Å². The minimum atomic E-state index is 0.189. The van der Waals surface area contributed by atoms with Crippen molar-refractivity contribution in [2.75, 3.05) is 6.61 Å². The molecule has 1 heterocycles. The predicted octanol–water partition coefficient (Wildman–Crippen LogP) is 2.80. The van der Waals surface area contributed by atoms with Crippen LogP contribution < -0.4 is 0 Å². The standard InChI is InChI=1S/C14H16O2/c1-11-5-2-3-6-12(11)9-14(15)13-7-4-8-16-10-13/h2-3,5-6,10H,4,7-9H2,1H3. The van der Waals surface area contributed by atoms with Crippen LogP contribution in [0.5, 0.6) is 0 Å². The molecule has 2 nitrogen and oxygen atoms in total. The van der Waals surface area contributed by atoms with Crippen molar-refractivity contribution in [1.29, 1.82) is 0 Å². The highest BCUT2D eigenvalue weighted by Gasteiger charge is 2.14. The maximum Gasteiger partial charge on any atom is 0.166 e. The first-order chi connectivity index (χ1) is 7.77. The SMILES string of the molecule is Cc1ccccc1CC(=O)C1=COCCC1. The van der Waals surface area contributed by atoms with Gasteiger partial charge in [-0.25, -0.2) is 0 Å². The number of hydrogen-bond acceptors (Lipinski definition) is 2. The number of carbonyl (C=O) groups is 1. The van der Waals surface area contributed by atoms with E-state index in [1.54, 1.807) is 6.26 Å². The maximum atomic E-state index is 12.0. The molecule has 84 valence electrons. The van der Waals surface area contributed by atoms with Crippen LogP contribution in [0.1, 0.15) is 24.0 Å². The molecular weight excluding hydrogens is 200 g/mol. The molecule has 0 unspecified atom stereocenters. The highest BCUT2D eigenvalue weighted by Crippen LogP contribution is 2.16. The van der Waals surface area contributed by atoms with Gasteiger partial charge in [-0.1, -0.05) is 24.3 Å². The third-order valence-corrected chi connectivity index (χ3v) is 2.90. The van der Waals surface area contributed by atoms with Crippen molar-refractivity contribution in [3.8, 4) is 0 Å². The molecule has 0 saturated heterocycles. The first kappa shape index (κ1) is 10.9. The molecule has 0 spiro atoms. The number of rotatable bonds is 3. The Balaban J connectivity index is 2.07. The fourth-order valence-corrected chi connectivity index (χ4v) is 1.86. The number of benzene rings is 1. The minimum absolute atomic E-state index is 0.189. The highest BCUT2D eigenvalue weighted by atomic mass is 16.5. The quantitative estimate of drug-likeness (QED) is 0.776. The van der Waals surface area contributed by atoms with Crippen LogP contribution in [-0.2, 0) is 16.0 Å². The summed E-state index contributed by atoms with van der Waals surface area (Å²) in [5.74, 6) is 0.189. The van der Waals surface area contributed by atoms with Gasteiger partial charge >= 0.3 is 0 Å². The van der Waals surface area contributed by atoms with Gasteiger partial charge in [0.2, 0.25) is 0 Å². The van der Waals surface area contributed by atoms with Crippen molar-refractivity contribution < 1.29 is 9.53 Å². The fraction of sp³-hybridized carbons (Fsp3) is 0.357. The second kappa shape index (κ2) is 4.97. The lowest BCUT2D eigenvalue weighted by Gasteiger charge is -2.13. The Hall–Kier alpha value is -1.57. The van der Waals surface area contributed by atoms with Crippen LogP contribution in [0.4, 0.5) is 0 Å². The summed E-state index contributed by atoms with van der Waals surface area (Å²) in [5.41, 5.74) is 3.11. The number of ketones is 1. The molecule has 0 aliphatic carbocycles. The zero-order valence-corrected chi connectivity index (χ0v) is 9.53. The van der Waals surface area contributed by atoms with Gasteiger partial charge in [-0.05, 0) is 30.9 Å². The molecule has 2 rings (SSSR count). The lowest BCUT2D eigenvalue weighted by atomic mass is 9.97. The topological polar surface area (TPSA) is 26.3 Å². The summed E-state index contributed by atoms with van der Waals surface area (Å²) >= 11 is 0. The van der Waals surface area contributed by atoms with E-state index < -0.39 is 0 Å². The number of aryl methyl sites for hydroxylation is 1. The molecular formula is C14H16O2. The predicted molar refractivity (Wildman–Crippen MR) is 63.2 cm³/mol. The van der Waals surface area contributed by atoms with Gasteiger partial charge in [-0.2, -0.15) is 0 Å². The molecule has 1 aliphatic rings. The number of allylic oxidation sites excluding steroid dienone is 1. The second-order valence-electron chi connectivity index (χ2n) is 4.14. The summed E-state index contributed by atoms with van der Waals surface area (Å²) < 4.78 is 5.19. The van der Waals surface area contributed by atoms with Gasteiger partial charge in [0, 0.05) is 12.0 Å². The average molecular weight is 216 g/mol. The molecule has 2 heteroatoms. The van der Waals surface area contributed by atoms with Gasteiger partial charge in [0.15, 0.2) is 5.78 Å². The summed E-state index contributed by atoms with van der Waals surface area (Å²) in [6.07, 6.45) is 3.92. The zero-order valence-electron chi connectivity index (χ0n) is 9.53. The first-order valence-corrected chi connectivity index (χ1v) is 5.66. The Kier molecular flexibility index (Phi) is 3.40. The van der Waals surface area contributed by atoms with E-state index in [2.05, 4.69) is 0 Å². The van der Waals surface area contributed by atoms with Crippen LogP contribution >= 0.6 is 0 Å². The molecule has 0 atom stereocenters. The van der Waals surface area contributed by atoms with Gasteiger partial charge in [0.25, 0.3) is 0 Å². The Bertz CT molecular complexity index is 418. The molecule has 0 aromatic heterocycles. The number of hydrogen-bond donors (Lipinski definition) is 0. The summed E-state index contributed by atoms with van der Waals surface area (Å²) in [6, 6.07) is 8.01. The Morgan fingerprint density at radius 2 is 2.19 bits per heavy atom. The largest absolute Gasteiger partial charge is 0.501 e. The molecule has 0 N–H and O–H groups in total. The number of Topliss-reactive ketones (excluding diaryl/α,β-unsaturated/α-hetero) is 1. The van der Waals surface area contributed by atoms with E-state index in [4.69, 9.17) is 4.74 Å². The van der Waals surface area contributed by atoms with Crippen molar-refractivity contribution >= 4 is 5.78 Å². The maximum absolute atomic E-state index is 12.0. The van der Waals surface area contributed by atoms with Gasteiger partial charge in [0.05, 0.1) is 12.9 Å². The molecule has 1 aromatic carbocycles. The number of ether oxygens (including phenoxy) is 1. The van der Waals surface area contributed by atoms with E-state index in [1.807, 2.05) is 31.2 Å². The monoisotopic (exact) mass is 216 g/mol. The molecule has 1 aromatic rings. The highest BCUT2D eigenvalue weighted by molar-refractivity contribution is 5.96. The Labute approximate surface area is 95.9 Å². The summed E-state index contributed by atoms with van der Waals surface area (Å²) in [7, 11) is 0. The molecule has 16 heavy (non-hydrogen) atoms. The minimum Gasteiger partial charge on any atom is -0.501 e. The van der Waals surface area contributed by atoms with Gasteiger partial charge in [0.1, 0.15) is 0 Å². The van der Waals surface area contributed by atoms with E-state index in [0.29, 0.717) is 6.42 Å². The van der Waals surface area contributed by atoms with E-state index in [1.165, 1.54) is 5.56 Å². The third kappa shape index (κ3) is 2.51. The lowest BCUT2D eigenvalue weighted by molar-refractivity contribution is -0.115. The van der Waals surface area contributed by atoms with Crippen LogP contribution in [-0.4, -0.2) is 12.4 Å². The molecule has 0 fully saturated rings. The zero-order chi connectivity index (χ0) is 11.4. The average Bonchev–Trinajstić information content (AvgIpc) is 2.33. The number of carbonyl (C=O) groups excluding carboxylic acids is 1. The molecule has 0 amide bonds. The van der Waals surface area contributed by atoms with E-state index in [9.17, 15) is 4.79 Å². The van der Waals surface area contributed by atoms with Crippen molar-refractivity contribution in [2.45, 2.75) is 26.2 Å². The van der Waals surface area contributed by atoms with Crippen LogP contribution in [0, 0.1) is 6.92 Å². The molecule has 1 aliphatic heterocycles. The van der Waals surface area contributed by atoms with E-state index >= 15 is 0 Å². The Morgan fingerprint density at radius 1 is 1.38 bits per heavy atom. The first-order valence-electron chi connectivity index (χ1n) is 5.66. The van der Waals surface area contributed by atoms with Crippen LogP contribution in [0.3, 0.4) is 0 Å². The second-order valence-corrected chi connectivity index (χ2v) is 4.14. The fourth-order valence-electron chi connectivity index (χ4n) is 1.86. The van der Waals surface area contributed by atoms with Crippen LogP contribution in [0.15, 0.2) is 36.1 Å². The van der Waals surface area contributed by atoms with Gasteiger partial charge in [-0.3, -0.25) is 4.79 Å². The summed E-state index contributed by atoms with van der Waals surface area (Å²) in [5, 5.41) is 0. The smallest absolute Gasteiger partial charge is 0.166 e. The molecule has 0 radical (unpaired) electrons. The van der Waals surface area contributed by atoms with Crippen LogP contribution in [0.2, 0.25) is 0 Å². The van der Waals surface area contributed by atoms with Crippen molar-refractivity contribution in [1.82, 2.24) is 0 Å². The van der Waals surface area contributed by atoms with Crippen molar-refractivity contribution in [3.05, 3.63) is 47.2 Å². The van der Waals surface area contributed by atoms with Crippen molar-refractivity contribution in [3.63, 3.8) is 0 Å². The third-order valence-electron chi connectivity index (χ3n) is 2.90. The molecule has 0 bridgehead atoms. The van der Waals surface area contributed by atoms with Gasteiger partial charge < -0.3 is 4.74 Å². The van der Waals surface area contributed by atoms with Crippen molar-refractivity contribution in [2.24, 2.45) is 0 Å². The van der Waals surface area contributed by atoms with E-state index in [-0.39, 0.29) is 5.78 Å². The lowest BCUT2D eigenvalue weighted by Crippen LogP contribution is -2.11. The molecule has 0 saturated carbocycles. The Morgan fingerprint density at radius 3 is 2.88 bits per heavy atom. The van der Waals surface area contributed by atoms with E-state index in [0.717, 1.165) is 30.6 Å². The summed E-state index contributed by atoms with van der Waals surface area (Å²) in [6.45, 7) is 2.77. The van der Waals surface area contributed by atoms with Crippen LogP contribution in [0.25, 0.3) is 0 Å². The summed E-state index contributed by atoms with van der Waals surface area (Å²) in [4.78, 5) is 12.0. The normalized spacial score (nSPS) is 15.2.